The van der Waals surface area contributed by atoms with Crippen LogP contribution >= 0.6 is 0 Å². The lowest BCUT2D eigenvalue weighted by molar-refractivity contribution is -0.0373. The Morgan fingerprint density at radius 2 is 1.57 bits per heavy atom. The molecule has 0 heterocycles. The number of hydrogen-bond donors (Lipinski definition) is 0. The molecule has 0 aliphatic heterocycles. The Morgan fingerprint density at radius 3 is 2.10 bits per heavy atom. The zero-order chi connectivity index (χ0) is 22.6. The monoisotopic (exact) mass is 420 g/mol. The predicted molar refractivity (Wildman–Crippen MR) is 120 cm³/mol. The minimum Gasteiger partial charge on any atom is -0.461 e. The van der Waals surface area contributed by atoms with Crippen LogP contribution in [0.1, 0.15) is 83.1 Å². The van der Waals surface area contributed by atoms with Crippen LogP contribution in [0.4, 0.5) is 4.79 Å². The molecule has 0 spiro atoms. The number of unbranched alkanes of at least 4 members (excludes halogenated alkanes) is 1. The highest BCUT2D eigenvalue weighted by Gasteiger charge is 2.37. The second kappa shape index (κ2) is 13.3. The van der Waals surface area contributed by atoms with Crippen LogP contribution in [0.2, 0.25) is 0 Å². The Balaban J connectivity index is 2.85. The number of hydrogen-bond acceptors (Lipinski definition) is 5. The number of carbonyl (C=O) groups excluding carboxylic acids is 2. The van der Waals surface area contributed by atoms with Crippen LogP contribution in [0.3, 0.4) is 0 Å². The minimum atomic E-state index is -0.680. The first-order valence-corrected chi connectivity index (χ1v) is 11.3. The molecule has 0 N–H and O–H groups in total. The van der Waals surface area contributed by atoms with Gasteiger partial charge < -0.3 is 14.2 Å². The number of ether oxygens (including phenoxy) is 3. The van der Waals surface area contributed by atoms with Gasteiger partial charge in [0, 0.05) is 5.41 Å². The molecule has 5 heteroatoms. The second-order valence-corrected chi connectivity index (χ2v) is 8.80. The van der Waals surface area contributed by atoms with Crippen molar-refractivity contribution in [1.29, 1.82) is 0 Å². The lowest BCUT2D eigenvalue weighted by Crippen LogP contribution is -2.39. The normalized spacial score (nSPS) is 13.2. The third kappa shape index (κ3) is 8.76. The van der Waals surface area contributed by atoms with Crippen molar-refractivity contribution in [2.45, 2.75) is 73.6 Å². The maximum Gasteiger partial charge on any atom is 0.508 e. The zero-order valence-corrected chi connectivity index (χ0v) is 19.7. The van der Waals surface area contributed by atoms with E-state index in [1.807, 2.05) is 24.3 Å². The van der Waals surface area contributed by atoms with E-state index in [1.165, 1.54) is 5.56 Å². The van der Waals surface area contributed by atoms with Gasteiger partial charge in [-0.3, -0.25) is 0 Å². The summed E-state index contributed by atoms with van der Waals surface area (Å²) in [4.78, 5) is 24.4. The molecule has 0 saturated heterocycles. The molecule has 1 aromatic rings. The minimum absolute atomic E-state index is 0.162. The molecule has 0 aliphatic rings. The summed E-state index contributed by atoms with van der Waals surface area (Å²) >= 11 is 0. The maximum atomic E-state index is 12.7. The van der Waals surface area contributed by atoms with Gasteiger partial charge in [0.15, 0.2) is 0 Å². The fraction of sp³-hybridized carbons (Fsp3) is 0.680. The van der Waals surface area contributed by atoms with Crippen molar-refractivity contribution < 1.29 is 23.8 Å². The molecular formula is C25H40O5. The highest BCUT2D eigenvalue weighted by atomic mass is 16.7. The average Bonchev–Trinajstić information content (AvgIpc) is 2.72. The number of rotatable bonds is 13. The van der Waals surface area contributed by atoms with Crippen molar-refractivity contribution in [3.05, 3.63) is 35.4 Å². The van der Waals surface area contributed by atoms with Crippen LogP contribution in [0.15, 0.2) is 24.3 Å². The van der Waals surface area contributed by atoms with Gasteiger partial charge in [-0.1, -0.05) is 59.6 Å². The van der Waals surface area contributed by atoms with Crippen LogP contribution in [0, 0.1) is 17.3 Å². The zero-order valence-electron chi connectivity index (χ0n) is 19.7. The summed E-state index contributed by atoms with van der Waals surface area (Å²) in [7, 11) is 0. The third-order valence-corrected chi connectivity index (χ3v) is 5.68. The van der Waals surface area contributed by atoms with Gasteiger partial charge in [-0.25, -0.2) is 9.59 Å². The molecule has 0 radical (unpaired) electrons. The van der Waals surface area contributed by atoms with Crippen molar-refractivity contribution in [1.82, 2.24) is 0 Å². The van der Waals surface area contributed by atoms with Crippen molar-refractivity contribution >= 4 is 12.1 Å². The van der Waals surface area contributed by atoms with Crippen LogP contribution in [-0.2, 0) is 20.6 Å². The number of carbonyl (C=O) groups is 2. The van der Waals surface area contributed by atoms with Gasteiger partial charge in [-0.15, -0.1) is 0 Å². The molecule has 0 saturated carbocycles. The summed E-state index contributed by atoms with van der Waals surface area (Å²) in [5, 5.41) is 0. The summed E-state index contributed by atoms with van der Waals surface area (Å²) in [5.74, 6) is 0.315. The lowest BCUT2D eigenvalue weighted by atomic mass is 9.74. The van der Waals surface area contributed by atoms with Crippen LogP contribution < -0.4 is 0 Å². The Labute approximate surface area is 182 Å². The van der Waals surface area contributed by atoms with E-state index in [-0.39, 0.29) is 31.7 Å². The summed E-state index contributed by atoms with van der Waals surface area (Å²) in [6.45, 7) is 13.0. The summed E-state index contributed by atoms with van der Waals surface area (Å²) < 4.78 is 16.0. The Kier molecular flexibility index (Phi) is 11.5. The predicted octanol–water partition coefficient (Wildman–Crippen LogP) is 6.44. The quantitative estimate of drug-likeness (QED) is 0.344. The van der Waals surface area contributed by atoms with Gasteiger partial charge in [-0.2, -0.15) is 0 Å². The van der Waals surface area contributed by atoms with E-state index in [2.05, 4.69) is 34.6 Å². The maximum absolute atomic E-state index is 12.7. The molecule has 5 nitrogen and oxygen atoms in total. The molecule has 0 fully saturated rings. The van der Waals surface area contributed by atoms with E-state index in [9.17, 15) is 9.59 Å². The van der Waals surface area contributed by atoms with Gasteiger partial charge in [0.2, 0.25) is 0 Å². The lowest BCUT2D eigenvalue weighted by Gasteiger charge is -2.37. The number of aryl methyl sites for hydroxylation is 1. The smallest absolute Gasteiger partial charge is 0.461 e. The summed E-state index contributed by atoms with van der Waals surface area (Å²) in [5.41, 5.74) is 1.32. The van der Waals surface area contributed by atoms with Gasteiger partial charge in [0.05, 0.1) is 12.2 Å². The van der Waals surface area contributed by atoms with Crippen molar-refractivity contribution in [3.8, 4) is 0 Å². The molecule has 0 aliphatic carbocycles. The van der Waals surface area contributed by atoms with E-state index in [0.717, 1.165) is 32.1 Å². The van der Waals surface area contributed by atoms with E-state index in [1.54, 1.807) is 6.92 Å². The first kappa shape index (κ1) is 26.0. The molecule has 0 aromatic heterocycles. The molecule has 0 bridgehead atoms. The van der Waals surface area contributed by atoms with Gasteiger partial charge in [0.1, 0.15) is 13.2 Å². The Bertz CT molecular complexity index is 635. The Hall–Kier alpha value is -2.04. The summed E-state index contributed by atoms with van der Waals surface area (Å²) in [6, 6.07) is 7.64. The van der Waals surface area contributed by atoms with Gasteiger partial charge in [0.25, 0.3) is 0 Å². The average molecular weight is 421 g/mol. The topological polar surface area (TPSA) is 61.8 Å². The molecule has 1 atom stereocenters. The molecule has 1 aromatic carbocycles. The fourth-order valence-electron chi connectivity index (χ4n) is 3.23. The highest BCUT2D eigenvalue weighted by Crippen LogP contribution is 2.35. The molecule has 170 valence electrons. The SMILES string of the molecule is CCCCc1ccc(C(=O)OCC(CCC(C)C)(COC(=O)OCC)C(C)C)cc1. The van der Waals surface area contributed by atoms with E-state index >= 15 is 0 Å². The van der Waals surface area contributed by atoms with E-state index < -0.39 is 11.6 Å². The van der Waals surface area contributed by atoms with Gasteiger partial charge in [-0.05, 0) is 55.7 Å². The van der Waals surface area contributed by atoms with Crippen molar-refractivity contribution in [3.63, 3.8) is 0 Å². The van der Waals surface area contributed by atoms with Crippen LogP contribution in [0.25, 0.3) is 0 Å². The molecule has 1 unspecified atom stereocenters. The van der Waals surface area contributed by atoms with Crippen molar-refractivity contribution in [2.75, 3.05) is 19.8 Å². The molecular weight excluding hydrogens is 380 g/mol. The van der Waals surface area contributed by atoms with E-state index in [4.69, 9.17) is 14.2 Å². The molecule has 0 amide bonds. The third-order valence-electron chi connectivity index (χ3n) is 5.68. The highest BCUT2D eigenvalue weighted by molar-refractivity contribution is 5.89. The first-order valence-electron chi connectivity index (χ1n) is 11.3. The van der Waals surface area contributed by atoms with Crippen molar-refractivity contribution in [2.24, 2.45) is 17.3 Å². The fourth-order valence-corrected chi connectivity index (χ4v) is 3.23. The van der Waals surface area contributed by atoms with Crippen LogP contribution in [-0.4, -0.2) is 31.9 Å². The summed E-state index contributed by atoms with van der Waals surface area (Å²) in [6.07, 6.45) is 4.37. The number of benzene rings is 1. The number of esters is 1. The second-order valence-electron chi connectivity index (χ2n) is 8.80. The largest absolute Gasteiger partial charge is 0.508 e. The first-order chi connectivity index (χ1) is 14.2. The molecule has 30 heavy (non-hydrogen) atoms. The standard InChI is InChI=1S/C25H40O5/c1-7-9-10-21-11-13-22(14-12-21)23(26)29-17-25(20(5)6,16-15-19(3)4)18-30-24(27)28-8-2/h11-14,19-20H,7-10,15-18H2,1-6H3. The van der Waals surface area contributed by atoms with E-state index in [0.29, 0.717) is 11.5 Å². The molecule has 1 rings (SSSR count). The Morgan fingerprint density at radius 1 is 0.933 bits per heavy atom. The van der Waals surface area contributed by atoms with Crippen LogP contribution in [0.5, 0.6) is 0 Å². The van der Waals surface area contributed by atoms with Gasteiger partial charge >= 0.3 is 12.1 Å².